The number of halogens is 3. The molecule has 0 atom stereocenters. The molecule has 6 aromatic rings. The molecular weight excluding hydrogens is 978 g/mol. The van der Waals surface area contributed by atoms with Gasteiger partial charge in [-0.05, 0) is 124 Å². The molecule has 0 unspecified atom stereocenters. The molecule has 18 heteroatoms. The van der Waals surface area contributed by atoms with E-state index in [0.29, 0.717) is 51.5 Å². The molecule has 9 rings (SSSR count). The average Bonchev–Trinajstić information content (AvgIpc) is 4.08. The monoisotopic (exact) mass is 1040 g/mol. The summed E-state index contributed by atoms with van der Waals surface area (Å²) < 4.78 is 45.8. The molecule has 2 N–H and O–H groups in total. The molecule has 15 nitrogen and oxygen atoms in total. The fourth-order valence-corrected chi connectivity index (χ4v) is 9.88. The number of aromatic nitrogens is 6. The first-order chi connectivity index (χ1) is 36.3. The summed E-state index contributed by atoms with van der Waals surface area (Å²) >= 11 is 5.96. The van der Waals surface area contributed by atoms with Gasteiger partial charge in [0.15, 0.2) is 0 Å². The van der Waals surface area contributed by atoms with Crippen molar-refractivity contribution < 1.29 is 32.6 Å². The Labute approximate surface area is 439 Å². The van der Waals surface area contributed by atoms with Crippen LogP contribution in [0.3, 0.4) is 0 Å². The lowest BCUT2D eigenvalue weighted by Gasteiger charge is -2.31. The number of aryl methyl sites for hydroxylation is 3. The number of likely N-dealkylation sites (tertiary alicyclic amines) is 1. The van der Waals surface area contributed by atoms with Gasteiger partial charge >= 0.3 is 12.1 Å². The van der Waals surface area contributed by atoms with E-state index in [-0.39, 0.29) is 16.7 Å². The van der Waals surface area contributed by atoms with E-state index in [1.807, 2.05) is 108 Å². The number of carbonyl (C=O) groups excluding carboxylic acids is 1. The summed E-state index contributed by atoms with van der Waals surface area (Å²) in [6.07, 6.45) is 12.6. The second kappa shape index (κ2) is 23.8. The van der Waals surface area contributed by atoms with Gasteiger partial charge in [-0.25, -0.2) is 22.9 Å². The molecule has 3 aliphatic rings. The molecular formula is C57H62ClF2N10O5+. The van der Waals surface area contributed by atoms with Crippen molar-refractivity contribution in [2.24, 2.45) is 0 Å². The van der Waals surface area contributed by atoms with E-state index >= 15 is 0 Å². The number of carbonyl (C=O) groups is 2. The lowest BCUT2D eigenvalue weighted by Crippen LogP contribution is -2.38. The van der Waals surface area contributed by atoms with Crippen molar-refractivity contribution in [3.05, 3.63) is 137 Å². The lowest BCUT2D eigenvalue weighted by atomic mass is 9.89. The fraction of sp³-hybridized carbons (Fsp3) is 0.351. The number of nitrogens with one attached hydrogen (secondary N) is 1. The summed E-state index contributed by atoms with van der Waals surface area (Å²) in [5.41, 5.74) is 7.49. The van der Waals surface area contributed by atoms with Gasteiger partial charge in [-0.1, -0.05) is 53.1 Å². The Morgan fingerprint density at radius 1 is 0.787 bits per heavy atom. The number of aromatic carboxylic acids is 1. The number of ether oxygens (including phenoxy) is 1. The average molecular weight is 1040 g/mol. The number of benzene rings is 5. The smallest absolute Gasteiger partial charge is 0.411 e. The molecule has 0 spiro atoms. The van der Waals surface area contributed by atoms with Crippen LogP contribution in [0, 0.1) is 11.6 Å². The largest absolute Gasteiger partial charge is 0.478 e. The normalized spacial score (nSPS) is 13.2. The van der Waals surface area contributed by atoms with E-state index in [0.717, 1.165) is 124 Å². The van der Waals surface area contributed by atoms with Crippen molar-refractivity contribution in [1.29, 1.82) is 0 Å². The summed E-state index contributed by atoms with van der Waals surface area (Å²) in [6.45, 7) is 4.13. The number of carboxylic acids is 1. The number of fused-ring (bicyclic) bond motifs is 2. The first-order valence-corrected chi connectivity index (χ1v) is 25.9. The summed E-state index contributed by atoms with van der Waals surface area (Å²) in [7, 11) is 7.89. The predicted molar refractivity (Wildman–Crippen MR) is 288 cm³/mol. The Kier molecular flexibility index (Phi) is 16.6. The van der Waals surface area contributed by atoms with E-state index < -0.39 is 23.7 Å². The van der Waals surface area contributed by atoms with Crippen molar-refractivity contribution in [2.75, 3.05) is 58.0 Å². The van der Waals surface area contributed by atoms with Crippen molar-refractivity contribution in [3.8, 4) is 44.8 Å². The van der Waals surface area contributed by atoms with Gasteiger partial charge in [0.2, 0.25) is 5.36 Å². The number of rotatable bonds is 20. The van der Waals surface area contributed by atoms with Gasteiger partial charge < -0.3 is 24.1 Å². The second-order valence-electron chi connectivity index (χ2n) is 19.6. The summed E-state index contributed by atoms with van der Waals surface area (Å²) in [6, 6.07) is 25.5. The minimum Gasteiger partial charge on any atom is -0.478 e. The molecule has 390 valence electrons. The van der Waals surface area contributed by atoms with Crippen LogP contribution in [-0.2, 0) is 24.2 Å². The van der Waals surface area contributed by atoms with E-state index in [2.05, 4.69) is 30.8 Å². The van der Waals surface area contributed by atoms with Gasteiger partial charge in [0, 0.05) is 91.9 Å². The Morgan fingerprint density at radius 3 is 2.27 bits per heavy atom. The zero-order valence-corrected chi connectivity index (χ0v) is 43.5. The van der Waals surface area contributed by atoms with E-state index in [1.165, 1.54) is 36.4 Å². The Morgan fingerprint density at radius 2 is 1.51 bits per heavy atom. The predicted octanol–water partition coefficient (Wildman–Crippen LogP) is 11.1. The molecule has 4 heterocycles. The second-order valence-corrected chi connectivity index (χ2v) is 20.1. The minimum atomic E-state index is -1.04. The molecule has 4 aromatic carbocycles. The van der Waals surface area contributed by atoms with Crippen LogP contribution in [0.15, 0.2) is 108 Å². The molecule has 2 aliphatic heterocycles. The Balaban J connectivity index is 0.679. The number of carboxylic acid groups (broad SMARTS) is 1. The first-order valence-electron chi connectivity index (χ1n) is 25.6. The third-order valence-electron chi connectivity index (χ3n) is 13.9. The molecule has 1 aliphatic carbocycles. The quantitative estimate of drug-likeness (QED) is 0.0425. The molecule has 75 heavy (non-hydrogen) atoms. The maximum Gasteiger partial charge on any atom is 0.411 e. The van der Waals surface area contributed by atoms with Crippen LogP contribution < -0.4 is 20.1 Å². The van der Waals surface area contributed by atoms with Crippen LogP contribution >= 0.6 is 11.6 Å². The third-order valence-corrected chi connectivity index (χ3v) is 14.1. The van der Waals surface area contributed by atoms with Gasteiger partial charge in [0.05, 0.1) is 34.2 Å². The maximum absolute atomic E-state index is 14.1. The highest BCUT2D eigenvalue weighted by atomic mass is 35.5. The summed E-state index contributed by atoms with van der Waals surface area (Å²) in [5.74, 6) is -1.45. The highest BCUT2D eigenvalue weighted by Gasteiger charge is 2.25. The zero-order chi connectivity index (χ0) is 52.6. The summed E-state index contributed by atoms with van der Waals surface area (Å²) in [5, 5.41) is 32.6. The first kappa shape index (κ1) is 52.4. The number of amides is 1. The van der Waals surface area contributed by atoms with Crippen LogP contribution in [0.1, 0.15) is 73.8 Å². The standard InChI is InChI=1S/C57H61ClF2N10O5/c1-66(2)41-16-19-45-53(33-41)75-54-34-42(67(3)4)17-20-46(54)55(45)44-18-13-38(30-48(44)56(71)72)52-36-70(65-63-52)27-11-7-10-26-69-35-40(62-64-69)12-8-5-6-9-25-68-28-23-43(24-29-68)74-57(73)61-51-22-15-39(59)32-47(51)37-14-21-50(60)49(58)31-37/h13-22,30-36,43H,5-12,23-29H2,1-4H3,(H-,61,71,72,73)/p+1. The van der Waals surface area contributed by atoms with Crippen LogP contribution in [0.5, 0.6) is 0 Å². The molecule has 0 saturated carbocycles. The van der Waals surface area contributed by atoms with Crippen molar-refractivity contribution in [1.82, 2.24) is 39.5 Å². The number of hydrogen-bond donors (Lipinski definition) is 2. The third kappa shape index (κ3) is 12.9. The molecule has 0 bridgehead atoms. The Hall–Kier alpha value is -7.50. The van der Waals surface area contributed by atoms with Crippen molar-refractivity contribution in [3.63, 3.8) is 0 Å². The molecule has 0 radical (unpaired) electrons. The summed E-state index contributed by atoms with van der Waals surface area (Å²) in [4.78, 5) is 30.2. The molecule has 1 fully saturated rings. The SMILES string of the molecule is CN(C)c1ccc2c(-c3ccc(-c4cn(CCCCCn5cc(CCCCCCN6CCC(OC(=O)Nc7ccc(F)cc7-c7ccc(F)c(Cl)c7)CC6)nn5)nn4)cc3C(=O)O)c3ccc(=[N+](C)C)cc-3oc2c1. The number of hydrogen-bond acceptors (Lipinski definition) is 10. The molecule has 2 aromatic heterocycles. The van der Waals surface area contributed by atoms with Gasteiger partial charge in [-0.2, -0.15) is 0 Å². The van der Waals surface area contributed by atoms with Crippen LogP contribution in [0.2, 0.25) is 5.02 Å². The minimum absolute atomic E-state index is 0.0951. The molecule has 1 saturated heterocycles. The molecule has 1 amide bonds. The highest BCUT2D eigenvalue weighted by molar-refractivity contribution is 6.31. The van der Waals surface area contributed by atoms with Gasteiger partial charge in [0.1, 0.15) is 48.9 Å². The number of nitrogens with zero attached hydrogens (tertiary/aromatic N) is 9. The number of piperidine rings is 1. The van der Waals surface area contributed by atoms with Gasteiger partial charge in [0.25, 0.3) is 0 Å². The zero-order valence-electron chi connectivity index (χ0n) is 42.7. The van der Waals surface area contributed by atoms with E-state index in [1.54, 1.807) is 6.07 Å². The number of unbranched alkanes of at least 4 members (excludes halogenated alkanes) is 5. The van der Waals surface area contributed by atoms with E-state index in [9.17, 15) is 23.5 Å². The maximum atomic E-state index is 14.1. The van der Waals surface area contributed by atoms with Gasteiger partial charge in [-0.15, -0.1) is 10.2 Å². The van der Waals surface area contributed by atoms with Crippen LogP contribution in [0.25, 0.3) is 55.8 Å². The highest BCUT2D eigenvalue weighted by Crippen LogP contribution is 2.43. The topological polar surface area (TPSA) is 160 Å². The Bertz CT molecular complexity index is 3360. The van der Waals surface area contributed by atoms with E-state index in [4.69, 9.17) is 20.8 Å². The van der Waals surface area contributed by atoms with Crippen LogP contribution in [0.4, 0.5) is 25.0 Å². The lowest BCUT2D eigenvalue weighted by molar-refractivity contribution is 0.0584. The number of anilines is 2. The van der Waals surface area contributed by atoms with Crippen molar-refractivity contribution in [2.45, 2.75) is 83.4 Å². The van der Waals surface area contributed by atoms with Crippen molar-refractivity contribution >= 4 is 46.0 Å². The fourth-order valence-electron chi connectivity index (χ4n) is 9.70. The van der Waals surface area contributed by atoms with Crippen LogP contribution in [-0.4, -0.2) is 106 Å². The van der Waals surface area contributed by atoms with Gasteiger partial charge in [-0.3, -0.25) is 14.7 Å².